The molecule has 2 heterocycles. The number of imide groups is 1. The number of amides is 3. The minimum atomic E-state index is -0.918. The lowest BCUT2D eigenvalue weighted by atomic mass is 10.1. The monoisotopic (exact) mass is 422 g/mol. The van der Waals surface area contributed by atoms with Crippen LogP contribution in [-0.2, 0) is 16.1 Å². The normalized spacial score (nSPS) is 16.2. The molecule has 0 spiro atoms. The van der Waals surface area contributed by atoms with Crippen LogP contribution in [0.2, 0.25) is 0 Å². The van der Waals surface area contributed by atoms with Crippen LogP contribution in [0.25, 0.3) is 0 Å². The molecule has 1 aromatic heterocycles. The van der Waals surface area contributed by atoms with E-state index >= 15 is 0 Å². The summed E-state index contributed by atoms with van der Waals surface area (Å²) in [6.07, 6.45) is -0.112. The van der Waals surface area contributed by atoms with E-state index in [0.29, 0.717) is 11.3 Å². The van der Waals surface area contributed by atoms with E-state index in [2.05, 4.69) is 0 Å². The molecule has 7 heteroatoms. The van der Waals surface area contributed by atoms with Crippen LogP contribution in [0.4, 0.5) is 10.1 Å². The molecule has 1 aliphatic heterocycles. The van der Waals surface area contributed by atoms with Crippen molar-refractivity contribution in [2.75, 3.05) is 4.90 Å². The Kier molecular flexibility index (Phi) is 5.46. The van der Waals surface area contributed by atoms with E-state index in [-0.39, 0.29) is 18.9 Å². The Labute approximate surface area is 177 Å². The molecule has 0 bridgehead atoms. The lowest BCUT2D eigenvalue weighted by Crippen LogP contribution is -2.45. The number of halogens is 1. The van der Waals surface area contributed by atoms with Gasteiger partial charge < -0.3 is 4.90 Å². The van der Waals surface area contributed by atoms with E-state index < -0.39 is 23.7 Å². The van der Waals surface area contributed by atoms with E-state index in [1.54, 1.807) is 12.1 Å². The number of aryl methyl sites for hydroxylation is 1. The molecule has 4 rings (SSSR count). The predicted molar refractivity (Wildman–Crippen MR) is 113 cm³/mol. The highest BCUT2D eigenvalue weighted by atomic mass is 32.1. The number of rotatable bonds is 5. The fourth-order valence-corrected chi connectivity index (χ4v) is 4.18. The molecule has 1 unspecified atom stereocenters. The van der Waals surface area contributed by atoms with Gasteiger partial charge in [-0.3, -0.25) is 14.4 Å². The second-order valence-electron chi connectivity index (χ2n) is 7.14. The standard InChI is InChI=1S/C23H19FN2O3S/c1-15-4-6-16(7-5-15)22(28)25(14-19-3-2-12-30-19)20-13-21(27)26(23(20)29)18-10-8-17(24)9-11-18/h2-12,20H,13-14H2,1H3. The van der Waals surface area contributed by atoms with Gasteiger partial charge in [-0.15, -0.1) is 11.3 Å². The summed E-state index contributed by atoms with van der Waals surface area (Å²) < 4.78 is 13.3. The molecular formula is C23H19FN2O3S. The van der Waals surface area contributed by atoms with Crippen molar-refractivity contribution in [1.29, 1.82) is 0 Å². The highest BCUT2D eigenvalue weighted by Gasteiger charge is 2.44. The van der Waals surface area contributed by atoms with Gasteiger partial charge >= 0.3 is 0 Å². The van der Waals surface area contributed by atoms with E-state index in [0.717, 1.165) is 15.3 Å². The molecule has 3 aromatic rings. The van der Waals surface area contributed by atoms with Crippen molar-refractivity contribution in [2.45, 2.75) is 25.9 Å². The van der Waals surface area contributed by atoms with Crippen LogP contribution in [0.15, 0.2) is 66.0 Å². The molecule has 5 nitrogen and oxygen atoms in total. The molecule has 1 fully saturated rings. The highest BCUT2D eigenvalue weighted by Crippen LogP contribution is 2.28. The van der Waals surface area contributed by atoms with Crippen LogP contribution in [0.3, 0.4) is 0 Å². The maximum atomic E-state index is 13.3. The summed E-state index contributed by atoms with van der Waals surface area (Å²) in [6.45, 7) is 2.16. The number of benzene rings is 2. The van der Waals surface area contributed by atoms with Crippen molar-refractivity contribution in [3.05, 3.63) is 87.9 Å². The number of anilines is 1. The van der Waals surface area contributed by atoms with E-state index in [9.17, 15) is 18.8 Å². The molecule has 3 amide bonds. The van der Waals surface area contributed by atoms with Gasteiger partial charge in [-0.2, -0.15) is 0 Å². The zero-order valence-electron chi connectivity index (χ0n) is 16.2. The van der Waals surface area contributed by atoms with Crippen molar-refractivity contribution in [1.82, 2.24) is 4.90 Å². The average Bonchev–Trinajstić information content (AvgIpc) is 3.35. The minimum Gasteiger partial charge on any atom is -0.321 e. The number of carbonyl (C=O) groups is 3. The molecule has 1 aliphatic rings. The number of carbonyl (C=O) groups excluding carboxylic acids is 3. The topological polar surface area (TPSA) is 57.7 Å². The van der Waals surface area contributed by atoms with Gasteiger partial charge in [0, 0.05) is 10.4 Å². The summed E-state index contributed by atoms with van der Waals surface area (Å²) in [4.78, 5) is 42.6. The second kappa shape index (κ2) is 8.20. The van der Waals surface area contributed by atoms with Gasteiger partial charge in [-0.1, -0.05) is 23.8 Å². The Bertz CT molecular complexity index is 1080. The van der Waals surface area contributed by atoms with Crippen molar-refractivity contribution in [2.24, 2.45) is 0 Å². The van der Waals surface area contributed by atoms with Crippen LogP contribution >= 0.6 is 11.3 Å². The number of thiophene rings is 1. The van der Waals surface area contributed by atoms with Gasteiger partial charge in [0.2, 0.25) is 5.91 Å². The Morgan fingerprint density at radius 3 is 2.43 bits per heavy atom. The van der Waals surface area contributed by atoms with Gasteiger partial charge in [-0.05, 0) is 54.8 Å². The fourth-order valence-electron chi connectivity index (χ4n) is 3.48. The highest BCUT2D eigenvalue weighted by molar-refractivity contribution is 7.09. The summed E-state index contributed by atoms with van der Waals surface area (Å²) in [5.74, 6) is -1.66. The molecule has 1 atom stereocenters. The summed E-state index contributed by atoms with van der Waals surface area (Å²) >= 11 is 1.48. The lowest BCUT2D eigenvalue weighted by molar-refractivity contribution is -0.122. The third-order valence-corrected chi connectivity index (χ3v) is 5.91. The minimum absolute atomic E-state index is 0.112. The lowest BCUT2D eigenvalue weighted by Gasteiger charge is -2.27. The van der Waals surface area contributed by atoms with Crippen LogP contribution in [0.1, 0.15) is 27.2 Å². The van der Waals surface area contributed by atoms with Gasteiger partial charge in [0.15, 0.2) is 0 Å². The van der Waals surface area contributed by atoms with Crippen LogP contribution in [0, 0.1) is 12.7 Å². The molecule has 152 valence electrons. The first-order chi connectivity index (χ1) is 14.4. The third kappa shape index (κ3) is 3.89. The second-order valence-corrected chi connectivity index (χ2v) is 8.17. The quantitative estimate of drug-likeness (QED) is 0.580. The Balaban J connectivity index is 1.67. The van der Waals surface area contributed by atoms with Crippen molar-refractivity contribution >= 4 is 34.7 Å². The molecule has 1 saturated heterocycles. The van der Waals surface area contributed by atoms with Gasteiger partial charge in [0.05, 0.1) is 18.7 Å². The number of nitrogens with zero attached hydrogens (tertiary/aromatic N) is 2. The van der Waals surface area contributed by atoms with E-state index in [1.165, 1.54) is 40.5 Å². The molecular weight excluding hydrogens is 403 g/mol. The zero-order chi connectivity index (χ0) is 21.3. The Hall–Kier alpha value is -3.32. The van der Waals surface area contributed by atoms with Crippen LogP contribution < -0.4 is 4.90 Å². The zero-order valence-corrected chi connectivity index (χ0v) is 17.1. The first-order valence-corrected chi connectivity index (χ1v) is 10.3. The first kappa shape index (κ1) is 20.0. The maximum Gasteiger partial charge on any atom is 0.257 e. The smallest absolute Gasteiger partial charge is 0.257 e. The summed E-state index contributed by atoms with van der Waals surface area (Å²) in [5.41, 5.74) is 1.77. The molecule has 0 N–H and O–H groups in total. The first-order valence-electron chi connectivity index (χ1n) is 9.46. The molecule has 0 saturated carbocycles. The van der Waals surface area contributed by atoms with Gasteiger partial charge in [0.1, 0.15) is 11.9 Å². The van der Waals surface area contributed by atoms with Crippen molar-refractivity contribution in [3.8, 4) is 0 Å². The molecule has 30 heavy (non-hydrogen) atoms. The SMILES string of the molecule is Cc1ccc(C(=O)N(Cc2cccs2)C2CC(=O)N(c3ccc(F)cc3)C2=O)cc1. The molecule has 0 radical (unpaired) electrons. The summed E-state index contributed by atoms with van der Waals surface area (Å²) in [5, 5.41) is 1.90. The fraction of sp³-hybridized carbons (Fsp3) is 0.174. The van der Waals surface area contributed by atoms with E-state index in [4.69, 9.17) is 0 Å². The third-order valence-electron chi connectivity index (χ3n) is 5.05. The summed E-state index contributed by atoms with van der Waals surface area (Å²) in [6, 6.07) is 15.1. The predicted octanol–water partition coefficient (Wildman–Crippen LogP) is 4.17. The summed E-state index contributed by atoms with van der Waals surface area (Å²) in [7, 11) is 0. The number of hydrogen-bond acceptors (Lipinski definition) is 4. The molecule has 2 aromatic carbocycles. The van der Waals surface area contributed by atoms with Gasteiger partial charge in [-0.25, -0.2) is 9.29 Å². The van der Waals surface area contributed by atoms with Crippen molar-refractivity contribution < 1.29 is 18.8 Å². The maximum absolute atomic E-state index is 13.3. The van der Waals surface area contributed by atoms with E-state index in [1.807, 2.05) is 36.6 Å². The van der Waals surface area contributed by atoms with Crippen molar-refractivity contribution in [3.63, 3.8) is 0 Å². The number of hydrogen-bond donors (Lipinski definition) is 0. The Morgan fingerprint density at radius 1 is 1.10 bits per heavy atom. The Morgan fingerprint density at radius 2 is 1.80 bits per heavy atom. The average molecular weight is 422 g/mol. The molecule has 0 aliphatic carbocycles. The van der Waals surface area contributed by atoms with Crippen LogP contribution in [0.5, 0.6) is 0 Å². The van der Waals surface area contributed by atoms with Crippen LogP contribution in [-0.4, -0.2) is 28.7 Å². The van der Waals surface area contributed by atoms with Gasteiger partial charge in [0.25, 0.3) is 11.8 Å². The largest absolute Gasteiger partial charge is 0.321 e.